The predicted octanol–water partition coefficient (Wildman–Crippen LogP) is 0.371. The molecular formula is C3H6NO2. The third-order valence-electron chi connectivity index (χ3n) is 0.292. The zero-order valence-electron chi connectivity index (χ0n) is 3.20. The molecule has 0 unspecified atom stereocenters. The topological polar surface area (TPSA) is 52.8 Å². The summed E-state index contributed by atoms with van der Waals surface area (Å²) in [5.41, 5.74) is 0. The Balaban J connectivity index is 2.66. The molecule has 0 aliphatic carbocycles. The van der Waals surface area contributed by atoms with Gasteiger partial charge in [-0.3, -0.25) is 0 Å². The summed E-state index contributed by atoms with van der Waals surface area (Å²) >= 11 is 0. The Labute approximate surface area is 35.9 Å². The average molecular weight is 88.1 g/mol. The summed E-state index contributed by atoms with van der Waals surface area (Å²) in [6.07, 6.45) is 1.48. The van der Waals surface area contributed by atoms with Crippen LogP contribution in [-0.4, -0.2) is 16.5 Å². The van der Waals surface area contributed by atoms with Gasteiger partial charge in [-0.05, 0) is 0 Å². The number of nitrogens with zero attached hydrogens (tertiary/aromatic N) is 1. The number of oxime groups is 1. The zero-order valence-corrected chi connectivity index (χ0v) is 3.20. The Morgan fingerprint density at radius 3 is 2.50 bits per heavy atom. The second-order valence-corrected chi connectivity index (χ2v) is 0.716. The molecule has 1 radical (unpaired) electrons. The van der Waals surface area contributed by atoms with Gasteiger partial charge in [-0.2, -0.15) is 0 Å². The molecule has 0 aromatic carbocycles. The van der Waals surface area contributed by atoms with Crippen LogP contribution in [0.1, 0.15) is 6.42 Å². The largest absolute Gasteiger partial charge is 0.411 e. The lowest BCUT2D eigenvalue weighted by molar-refractivity contribution is 0.318. The average Bonchev–Trinajstić information content (AvgIpc) is 1.61. The molecule has 0 rings (SSSR count). The van der Waals surface area contributed by atoms with Crippen molar-refractivity contribution in [2.75, 3.05) is 0 Å². The van der Waals surface area contributed by atoms with Crippen molar-refractivity contribution in [3.8, 4) is 0 Å². The van der Waals surface area contributed by atoms with Gasteiger partial charge >= 0.3 is 0 Å². The predicted molar refractivity (Wildman–Crippen MR) is 21.1 cm³/mol. The van der Waals surface area contributed by atoms with E-state index in [-0.39, 0.29) is 0 Å². The van der Waals surface area contributed by atoms with Gasteiger partial charge < -0.3 is 10.3 Å². The number of aliphatic hydroxyl groups is 1. The van der Waals surface area contributed by atoms with Crippen LogP contribution in [-0.2, 0) is 0 Å². The van der Waals surface area contributed by atoms with Crippen LogP contribution < -0.4 is 0 Å². The van der Waals surface area contributed by atoms with Crippen molar-refractivity contribution < 1.29 is 10.3 Å². The molecular weight excluding hydrogens is 82.0 g/mol. The second-order valence-electron chi connectivity index (χ2n) is 0.716. The van der Waals surface area contributed by atoms with Crippen LogP contribution in [0.5, 0.6) is 0 Å². The summed E-state index contributed by atoms with van der Waals surface area (Å²) < 4.78 is 0. The van der Waals surface area contributed by atoms with E-state index >= 15 is 0 Å². The highest BCUT2D eigenvalue weighted by Gasteiger charge is 1.69. The lowest BCUT2D eigenvalue weighted by atomic mass is 10.5. The molecule has 0 amide bonds. The van der Waals surface area contributed by atoms with Crippen LogP contribution in [0.4, 0.5) is 0 Å². The summed E-state index contributed by atoms with van der Waals surface area (Å²) in [5.74, 6) is 0. The van der Waals surface area contributed by atoms with E-state index < -0.39 is 0 Å². The van der Waals surface area contributed by atoms with Crippen LogP contribution >= 0.6 is 0 Å². The van der Waals surface area contributed by atoms with Crippen molar-refractivity contribution in [2.45, 2.75) is 6.42 Å². The fourth-order valence-electron chi connectivity index (χ4n) is 0.0943. The van der Waals surface area contributed by atoms with Crippen LogP contribution in [0, 0.1) is 6.61 Å². The third kappa shape index (κ3) is 3.43. The van der Waals surface area contributed by atoms with Crippen LogP contribution in [0.2, 0.25) is 0 Å². The van der Waals surface area contributed by atoms with Gasteiger partial charge in [0.25, 0.3) is 0 Å². The number of aliphatic hydroxyl groups excluding tert-OH is 1. The molecule has 0 atom stereocenters. The fraction of sp³-hybridized carbons (Fsp3) is 0.333. The lowest BCUT2D eigenvalue weighted by Crippen LogP contribution is -1.72. The van der Waals surface area contributed by atoms with E-state index in [1.54, 1.807) is 0 Å². The molecule has 0 spiro atoms. The maximum absolute atomic E-state index is 7.87. The molecule has 3 nitrogen and oxygen atoms in total. The third-order valence-corrected chi connectivity index (χ3v) is 0.292. The van der Waals surface area contributed by atoms with Gasteiger partial charge in [-0.25, -0.2) is 0 Å². The van der Waals surface area contributed by atoms with E-state index in [1.165, 1.54) is 6.21 Å². The van der Waals surface area contributed by atoms with E-state index in [0.29, 0.717) is 6.42 Å². The minimum absolute atomic E-state index is 0.302. The summed E-state index contributed by atoms with van der Waals surface area (Å²) in [6, 6.07) is 0. The van der Waals surface area contributed by atoms with Gasteiger partial charge in [0.15, 0.2) is 0 Å². The van der Waals surface area contributed by atoms with Crippen molar-refractivity contribution in [2.24, 2.45) is 5.16 Å². The molecule has 0 bridgehead atoms. The van der Waals surface area contributed by atoms with Crippen molar-refractivity contribution in [1.82, 2.24) is 0 Å². The molecule has 0 saturated heterocycles. The quantitative estimate of drug-likeness (QED) is 0.291. The van der Waals surface area contributed by atoms with Crippen molar-refractivity contribution in [3.63, 3.8) is 0 Å². The smallest absolute Gasteiger partial charge is 0.0853 e. The van der Waals surface area contributed by atoms with E-state index in [4.69, 9.17) is 10.3 Å². The number of hydrogen-bond donors (Lipinski definition) is 2. The lowest BCUT2D eigenvalue weighted by Gasteiger charge is -1.74. The molecule has 6 heavy (non-hydrogen) atoms. The normalized spacial score (nSPS) is 10.2. The van der Waals surface area contributed by atoms with Crippen molar-refractivity contribution in [3.05, 3.63) is 6.61 Å². The summed E-state index contributed by atoms with van der Waals surface area (Å²) in [5, 5.41) is 18.1. The molecule has 0 aromatic rings. The summed E-state index contributed by atoms with van der Waals surface area (Å²) in [6.45, 7) is 0.903. The SMILES string of the molecule is O[CH]C/C=N/O. The molecule has 0 aliphatic rings. The van der Waals surface area contributed by atoms with Gasteiger partial charge in [-0.15, -0.1) is 5.16 Å². The molecule has 0 aliphatic heterocycles. The highest BCUT2D eigenvalue weighted by molar-refractivity contribution is 5.57. The molecule has 0 saturated carbocycles. The fourth-order valence-corrected chi connectivity index (χ4v) is 0.0943. The van der Waals surface area contributed by atoms with Gasteiger partial charge in [0, 0.05) is 12.6 Å². The maximum atomic E-state index is 7.87. The first-order chi connectivity index (χ1) is 2.91. The standard InChI is InChI=1S/C3H6NO2/c5-3-1-2-4-6/h2-3,5-6H,1H2/b4-2+. The van der Waals surface area contributed by atoms with Crippen molar-refractivity contribution >= 4 is 6.21 Å². The molecule has 3 heteroatoms. The Morgan fingerprint density at radius 2 is 2.33 bits per heavy atom. The van der Waals surface area contributed by atoms with Gasteiger partial charge in [0.2, 0.25) is 0 Å². The van der Waals surface area contributed by atoms with Gasteiger partial charge in [-0.1, -0.05) is 0 Å². The monoisotopic (exact) mass is 88.0 g/mol. The van der Waals surface area contributed by atoms with Crippen LogP contribution in [0.15, 0.2) is 5.16 Å². The van der Waals surface area contributed by atoms with E-state index in [2.05, 4.69) is 5.16 Å². The Morgan fingerprint density at radius 1 is 1.67 bits per heavy atom. The molecule has 0 heterocycles. The maximum Gasteiger partial charge on any atom is 0.0853 e. The van der Waals surface area contributed by atoms with E-state index in [0.717, 1.165) is 6.61 Å². The highest BCUT2D eigenvalue weighted by Crippen LogP contribution is 1.71. The molecule has 2 N–H and O–H groups in total. The number of rotatable bonds is 2. The zero-order chi connectivity index (χ0) is 4.83. The Hall–Kier alpha value is -0.570. The molecule has 0 fully saturated rings. The van der Waals surface area contributed by atoms with Crippen LogP contribution in [0.3, 0.4) is 0 Å². The van der Waals surface area contributed by atoms with Crippen molar-refractivity contribution in [1.29, 1.82) is 0 Å². The van der Waals surface area contributed by atoms with Gasteiger partial charge in [0.1, 0.15) is 0 Å². The van der Waals surface area contributed by atoms with E-state index in [9.17, 15) is 0 Å². The summed E-state index contributed by atoms with van der Waals surface area (Å²) in [4.78, 5) is 0. The molecule has 0 aromatic heterocycles. The summed E-state index contributed by atoms with van der Waals surface area (Å²) in [7, 11) is 0. The molecule has 35 valence electrons. The van der Waals surface area contributed by atoms with E-state index in [1.807, 2.05) is 0 Å². The first-order valence-corrected chi connectivity index (χ1v) is 1.53. The van der Waals surface area contributed by atoms with Crippen LogP contribution in [0.25, 0.3) is 0 Å². The first-order valence-electron chi connectivity index (χ1n) is 1.53. The Bertz CT molecular complexity index is 44.1. The highest BCUT2D eigenvalue weighted by atomic mass is 16.4. The minimum Gasteiger partial charge on any atom is -0.411 e. The Kier molecular flexibility index (Phi) is 4.01. The minimum atomic E-state index is 0.302. The number of hydrogen-bond acceptors (Lipinski definition) is 3. The first kappa shape index (κ1) is 5.43. The second kappa shape index (κ2) is 4.43. The van der Waals surface area contributed by atoms with Gasteiger partial charge in [0.05, 0.1) is 6.61 Å².